The first-order chi connectivity index (χ1) is 15.6. The second-order valence-electron chi connectivity index (χ2n) is 7.42. The van der Waals surface area contributed by atoms with E-state index in [4.69, 9.17) is 13.9 Å². The lowest BCUT2D eigenvalue weighted by molar-refractivity contribution is -0.277. The topological polar surface area (TPSA) is 211 Å². The highest BCUT2D eigenvalue weighted by molar-refractivity contribution is 5.91. The van der Waals surface area contributed by atoms with E-state index >= 15 is 0 Å². The van der Waals surface area contributed by atoms with E-state index in [9.17, 15) is 45.6 Å². The Morgan fingerprint density at radius 3 is 2.18 bits per heavy atom. The van der Waals surface area contributed by atoms with Gasteiger partial charge in [0.15, 0.2) is 17.3 Å². The lowest BCUT2D eigenvalue weighted by atomic mass is 9.99. The van der Waals surface area contributed by atoms with Gasteiger partial charge in [-0.2, -0.15) is 0 Å². The van der Waals surface area contributed by atoms with E-state index < -0.39 is 71.1 Å². The third-order valence-electron chi connectivity index (χ3n) is 5.29. The minimum absolute atomic E-state index is 0.0702. The predicted octanol–water partition coefficient (Wildman–Crippen LogP) is -0.539. The highest BCUT2D eigenvalue weighted by Gasteiger charge is 2.45. The molecule has 0 saturated carbocycles. The highest BCUT2D eigenvalue weighted by Crippen LogP contribution is 2.44. The molecule has 5 atom stereocenters. The van der Waals surface area contributed by atoms with Crippen molar-refractivity contribution in [3.63, 3.8) is 0 Å². The molecule has 12 nitrogen and oxygen atoms in total. The maximum Gasteiger partial charge on any atom is 0.238 e. The fourth-order valence-electron chi connectivity index (χ4n) is 3.48. The van der Waals surface area contributed by atoms with Gasteiger partial charge in [0, 0.05) is 11.6 Å². The first-order valence-electron chi connectivity index (χ1n) is 9.65. The average Bonchev–Trinajstić information content (AvgIpc) is 2.80. The second-order valence-corrected chi connectivity index (χ2v) is 7.42. The number of ether oxygens (including phenoxy) is 2. The molecule has 1 aromatic heterocycles. The van der Waals surface area contributed by atoms with Crippen LogP contribution in [0.25, 0.3) is 22.3 Å². The van der Waals surface area contributed by atoms with Crippen LogP contribution in [0.3, 0.4) is 0 Å². The van der Waals surface area contributed by atoms with Crippen molar-refractivity contribution in [2.24, 2.45) is 0 Å². The Balaban J connectivity index is 1.80. The van der Waals surface area contributed by atoms with Gasteiger partial charge < -0.3 is 54.7 Å². The van der Waals surface area contributed by atoms with Crippen LogP contribution in [0.5, 0.6) is 28.7 Å². The van der Waals surface area contributed by atoms with Crippen LogP contribution in [-0.4, -0.2) is 78.2 Å². The van der Waals surface area contributed by atoms with E-state index in [0.29, 0.717) is 0 Å². The molecule has 0 bridgehead atoms. The summed E-state index contributed by atoms with van der Waals surface area (Å²) in [5.74, 6) is -3.70. The van der Waals surface area contributed by atoms with Gasteiger partial charge in [0.25, 0.3) is 0 Å². The summed E-state index contributed by atoms with van der Waals surface area (Å²) in [4.78, 5) is 12.7. The third-order valence-corrected chi connectivity index (χ3v) is 5.29. The van der Waals surface area contributed by atoms with Crippen LogP contribution >= 0.6 is 0 Å². The Labute approximate surface area is 184 Å². The van der Waals surface area contributed by atoms with Crippen molar-refractivity contribution in [2.75, 3.05) is 6.61 Å². The van der Waals surface area contributed by atoms with E-state index in [2.05, 4.69) is 0 Å². The summed E-state index contributed by atoms with van der Waals surface area (Å²) in [5.41, 5.74) is -1.17. The van der Waals surface area contributed by atoms with Crippen molar-refractivity contribution >= 4 is 11.0 Å². The van der Waals surface area contributed by atoms with Crippen molar-refractivity contribution in [3.8, 4) is 40.1 Å². The van der Waals surface area contributed by atoms with Crippen LogP contribution in [0.15, 0.2) is 39.5 Å². The van der Waals surface area contributed by atoms with Gasteiger partial charge in [-0.1, -0.05) is 0 Å². The van der Waals surface area contributed by atoms with Gasteiger partial charge in [-0.15, -0.1) is 0 Å². The monoisotopic (exact) mass is 464 g/mol. The van der Waals surface area contributed by atoms with E-state index in [1.54, 1.807) is 0 Å². The van der Waals surface area contributed by atoms with Crippen molar-refractivity contribution in [3.05, 3.63) is 40.6 Å². The van der Waals surface area contributed by atoms with Gasteiger partial charge in [-0.25, -0.2) is 0 Å². The molecule has 4 rings (SSSR count). The molecule has 2 aromatic carbocycles. The quantitative estimate of drug-likeness (QED) is 0.229. The summed E-state index contributed by atoms with van der Waals surface area (Å²) in [7, 11) is 0. The number of fused-ring (bicyclic) bond motifs is 1. The summed E-state index contributed by atoms with van der Waals surface area (Å²) in [6.07, 6.45) is -8.19. The molecule has 3 aromatic rings. The summed E-state index contributed by atoms with van der Waals surface area (Å²) in [6.45, 7) is -0.718. The van der Waals surface area contributed by atoms with E-state index in [1.165, 1.54) is 24.3 Å². The lowest BCUT2D eigenvalue weighted by Crippen LogP contribution is -2.60. The van der Waals surface area contributed by atoms with Crippen LogP contribution in [0.2, 0.25) is 0 Å². The smallest absolute Gasteiger partial charge is 0.238 e. The fourth-order valence-corrected chi connectivity index (χ4v) is 3.48. The number of aliphatic hydroxyl groups excluding tert-OH is 4. The standard InChI is InChI=1S/C21H20O12/c22-6-11-14(25)17(28)19(30)21(33-11)32-10-5-9-12(15(26)13(10)24)16(27)18(29)20(31-9)7-1-3-8(23)4-2-7/h1-5,11,14,17,19,21-26,28-30H,6H2/t11?,14-,17+,19?,21-/m1/s1. The predicted molar refractivity (Wildman–Crippen MR) is 109 cm³/mol. The zero-order valence-corrected chi connectivity index (χ0v) is 16.7. The summed E-state index contributed by atoms with van der Waals surface area (Å²) in [6, 6.07) is 6.30. The summed E-state index contributed by atoms with van der Waals surface area (Å²) < 4.78 is 16.1. The van der Waals surface area contributed by atoms with Crippen LogP contribution < -0.4 is 10.2 Å². The molecule has 176 valence electrons. The Morgan fingerprint density at radius 1 is 0.879 bits per heavy atom. The lowest BCUT2D eigenvalue weighted by Gasteiger charge is -2.39. The molecule has 1 aliphatic heterocycles. The zero-order valence-electron chi connectivity index (χ0n) is 16.7. The highest BCUT2D eigenvalue weighted by atomic mass is 16.7. The second kappa shape index (κ2) is 8.42. The molecule has 12 heteroatoms. The van der Waals surface area contributed by atoms with Gasteiger partial charge in [0.1, 0.15) is 41.1 Å². The molecule has 2 unspecified atom stereocenters. The first-order valence-corrected chi connectivity index (χ1v) is 9.65. The number of aliphatic hydroxyl groups is 4. The molecule has 0 amide bonds. The maximum absolute atomic E-state index is 12.7. The molecular formula is C21H20O12. The SMILES string of the molecule is O=c1c(O)c(-c2ccc(O)cc2)oc2cc(O[C@@H]3OC(CO)[C@@H](O)[C@H](O)C3O)c(O)c(O)c12. The first kappa shape index (κ1) is 22.6. The molecule has 2 heterocycles. The van der Waals surface area contributed by atoms with Gasteiger partial charge in [0.2, 0.25) is 23.2 Å². The van der Waals surface area contributed by atoms with Crippen LogP contribution in [-0.2, 0) is 4.74 Å². The molecule has 33 heavy (non-hydrogen) atoms. The number of phenols is 3. The number of rotatable bonds is 4. The Kier molecular flexibility index (Phi) is 5.78. The van der Waals surface area contributed by atoms with Crippen molar-refractivity contribution in [1.29, 1.82) is 0 Å². The van der Waals surface area contributed by atoms with Crippen LogP contribution in [0.4, 0.5) is 0 Å². The van der Waals surface area contributed by atoms with Gasteiger partial charge >= 0.3 is 0 Å². The molecular weight excluding hydrogens is 444 g/mol. The maximum atomic E-state index is 12.7. The van der Waals surface area contributed by atoms with Crippen molar-refractivity contribution < 1.29 is 54.7 Å². The summed E-state index contributed by atoms with van der Waals surface area (Å²) in [5, 5.41) is 79.0. The zero-order chi connectivity index (χ0) is 24.0. The third kappa shape index (κ3) is 3.79. The van der Waals surface area contributed by atoms with Crippen LogP contribution in [0.1, 0.15) is 0 Å². The molecule has 0 spiro atoms. The number of aromatic hydroxyl groups is 4. The van der Waals surface area contributed by atoms with E-state index in [1.807, 2.05) is 0 Å². The number of hydrogen-bond donors (Lipinski definition) is 8. The molecule has 8 N–H and O–H groups in total. The van der Waals surface area contributed by atoms with Gasteiger partial charge in [-0.3, -0.25) is 4.79 Å². The van der Waals surface area contributed by atoms with Crippen molar-refractivity contribution in [1.82, 2.24) is 0 Å². The minimum Gasteiger partial charge on any atom is -0.508 e. The number of benzene rings is 2. The van der Waals surface area contributed by atoms with Crippen LogP contribution in [0, 0.1) is 0 Å². The molecule has 1 aliphatic rings. The Morgan fingerprint density at radius 2 is 1.55 bits per heavy atom. The molecule has 0 aliphatic carbocycles. The van der Waals surface area contributed by atoms with E-state index in [-0.39, 0.29) is 22.7 Å². The van der Waals surface area contributed by atoms with E-state index in [0.717, 1.165) is 6.07 Å². The minimum atomic E-state index is -1.81. The summed E-state index contributed by atoms with van der Waals surface area (Å²) >= 11 is 0. The average molecular weight is 464 g/mol. The molecule has 0 radical (unpaired) electrons. The van der Waals surface area contributed by atoms with Crippen molar-refractivity contribution in [2.45, 2.75) is 30.7 Å². The Bertz CT molecular complexity index is 1230. The number of phenolic OH excluding ortho intramolecular Hbond substituents is 3. The number of hydrogen-bond acceptors (Lipinski definition) is 12. The fraction of sp³-hybridized carbons (Fsp3) is 0.286. The molecule has 1 fully saturated rings. The van der Waals surface area contributed by atoms with Gasteiger partial charge in [0.05, 0.1) is 6.61 Å². The molecule has 1 saturated heterocycles. The Hall–Kier alpha value is -3.55. The normalized spacial score (nSPS) is 25.3. The largest absolute Gasteiger partial charge is 0.508 e. The van der Waals surface area contributed by atoms with Gasteiger partial charge in [-0.05, 0) is 24.3 Å².